The Bertz CT molecular complexity index is 1350. The van der Waals surface area contributed by atoms with Crippen LogP contribution in [0.4, 0.5) is 10.1 Å². The highest BCUT2D eigenvalue weighted by Crippen LogP contribution is 2.38. The van der Waals surface area contributed by atoms with Gasteiger partial charge in [-0.15, -0.1) is 5.10 Å². The van der Waals surface area contributed by atoms with E-state index in [2.05, 4.69) is 25.9 Å². The number of carbonyl (C=O) groups is 2. The lowest BCUT2D eigenvalue weighted by atomic mass is 10.2. The van der Waals surface area contributed by atoms with Crippen LogP contribution in [0.25, 0.3) is 11.4 Å². The number of hydrogen-bond acceptors (Lipinski definition) is 8. The van der Waals surface area contributed by atoms with Gasteiger partial charge in [0.05, 0.1) is 12.3 Å². The molecule has 1 aromatic heterocycles. The molecule has 0 saturated carbocycles. The third-order valence-electron chi connectivity index (χ3n) is 5.13. The molecule has 4 aromatic rings. The number of halogens is 1. The van der Waals surface area contributed by atoms with Crippen molar-refractivity contribution in [1.29, 1.82) is 0 Å². The molecule has 0 aliphatic heterocycles. The number of amides is 1. The molecule has 4 rings (SSSR count). The maximum atomic E-state index is 14.1. The Hall–Kier alpha value is -4.25. The van der Waals surface area contributed by atoms with Crippen molar-refractivity contribution in [2.45, 2.75) is 29.6 Å². The Morgan fingerprint density at radius 1 is 1.05 bits per heavy atom. The number of hydrogen-bond donors (Lipinski definition) is 2. The average Bonchev–Trinajstić information content (AvgIpc) is 3.45. The predicted molar refractivity (Wildman–Crippen MR) is 136 cm³/mol. The molecule has 0 bridgehead atoms. The predicted octanol–water partition coefficient (Wildman–Crippen LogP) is 5.13. The van der Waals surface area contributed by atoms with Gasteiger partial charge < -0.3 is 14.8 Å². The molecule has 0 atom stereocenters. The van der Waals surface area contributed by atoms with Crippen molar-refractivity contribution in [2.24, 2.45) is 0 Å². The first-order valence-corrected chi connectivity index (χ1v) is 12.4. The van der Waals surface area contributed by atoms with Crippen LogP contribution in [0.5, 0.6) is 5.75 Å². The Balaban J connectivity index is 1.43. The second-order valence-corrected chi connectivity index (χ2v) is 8.91. The Kier molecular flexibility index (Phi) is 8.82. The van der Waals surface area contributed by atoms with Gasteiger partial charge in [-0.3, -0.25) is 4.79 Å². The number of ether oxygens (including phenoxy) is 2. The molecule has 11 heteroatoms. The second-order valence-electron chi connectivity index (χ2n) is 7.83. The number of aromatic amines is 1. The molecule has 9 nitrogen and oxygen atoms in total. The molecular weight excluding hydrogens is 497 g/mol. The third kappa shape index (κ3) is 7.14. The van der Waals surface area contributed by atoms with Crippen LogP contribution < -0.4 is 10.1 Å². The van der Waals surface area contributed by atoms with E-state index in [0.29, 0.717) is 34.3 Å². The summed E-state index contributed by atoms with van der Waals surface area (Å²) in [6.07, 6.45) is 1.73. The first-order valence-electron chi connectivity index (χ1n) is 11.5. The first kappa shape index (κ1) is 25.8. The molecule has 2 N–H and O–H groups in total. The van der Waals surface area contributed by atoms with Crippen LogP contribution in [-0.4, -0.2) is 45.7 Å². The van der Waals surface area contributed by atoms with Crippen molar-refractivity contribution in [2.75, 3.05) is 18.5 Å². The standard InChI is InChI=1S/C26H24FN5O4S/c1-2-3-14-35-24(33)16-36-19-11-8-17(9-12-19)26(34)28-21-15-18(27)10-13-23(21)37-22-7-5-4-6-20(22)25-29-31-32-30-25/h4-13,15H,2-3,14,16H2,1H3,(H,28,34)(H,29,30,31,32). The van der Waals surface area contributed by atoms with Gasteiger partial charge in [-0.25, -0.2) is 14.3 Å². The van der Waals surface area contributed by atoms with Gasteiger partial charge in [0, 0.05) is 20.9 Å². The summed E-state index contributed by atoms with van der Waals surface area (Å²) in [4.78, 5) is 26.1. The van der Waals surface area contributed by atoms with E-state index in [9.17, 15) is 14.0 Å². The smallest absolute Gasteiger partial charge is 0.344 e. The molecular formula is C26H24FN5O4S. The quantitative estimate of drug-likeness (QED) is 0.206. The molecule has 37 heavy (non-hydrogen) atoms. The molecule has 0 spiro atoms. The van der Waals surface area contributed by atoms with Gasteiger partial charge in [0.15, 0.2) is 12.4 Å². The van der Waals surface area contributed by atoms with Crippen LogP contribution in [0.15, 0.2) is 76.5 Å². The third-order valence-corrected chi connectivity index (χ3v) is 6.28. The van der Waals surface area contributed by atoms with E-state index in [4.69, 9.17) is 9.47 Å². The lowest BCUT2D eigenvalue weighted by molar-refractivity contribution is -0.146. The van der Waals surface area contributed by atoms with E-state index >= 15 is 0 Å². The van der Waals surface area contributed by atoms with Crippen molar-refractivity contribution in [3.63, 3.8) is 0 Å². The van der Waals surface area contributed by atoms with Crippen LogP contribution in [0, 0.1) is 5.82 Å². The lowest BCUT2D eigenvalue weighted by Crippen LogP contribution is -2.16. The van der Waals surface area contributed by atoms with Crippen LogP contribution in [0.3, 0.4) is 0 Å². The number of rotatable bonds is 11. The number of carbonyl (C=O) groups excluding carboxylic acids is 2. The fourth-order valence-electron chi connectivity index (χ4n) is 3.24. The molecule has 0 fully saturated rings. The monoisotopic (exact) mass is 521 g/mol. The summed E-state index contributed by atoms with van der Waals surface area (Å²) in [7, 11) is 0. The number of anilines is 1. The molecule has 3 aromatic carbocycles. The summed E-state index contributed by atoms with van der Waals surface area (Å²) < 4.78 is 24.6. The normalized spacial score (nSPS) is 10.6. The average molecular weight is 522 g/mol. The largest absolute Gasteiger partial charge is 0.482 e. The number of aromatic nitrogens is 4. The van der Waals surface area contributed by atoms with Gasteiger partial charge in [-0.1, -0.05) is 37.2 Å². The zero-order chi connectivity index (χ0) is 26.0. The van der Waals surface area contributed by atoms with Gasteiger partial charge in [-0.05, 0) is 71.4 Å². The van der Waals surface area contributed by atoms with Gasteiger partial charge >= 0.3 is 5.97 Å². The molecule has 0 aliphatic carbocycles. The minimum absolute atomic E-state index is 0.218. The van der Waals surface area contributed by atoms with E-state index in [-0.39, 0.29) is 6.61 Å². The zero-order valence-corrected chi connectivity index (χ0v) is 20.8. The molecule has 1 amide bonds. The van der Waals surface area contributed by atoms with Gasteiger partial charge in [0.1, 0.15) is 11.6 Å². The maximum absolute atomic E-state index is 14.1. The summed E-state index contributed by atoms with van der Waals surface area (Å²) >= 11 is 1.34. The molecule has 0 radical (unpaired) electrons. The van der Waals surface area contributed by atoms with Crippen LogP contribution in [0.2, 0.25) is 0 Å². The highest BCUT2D eigenvalue weighted by atomic mass is 32.2. The van der Waals surface area contributed by atoms with Crippen LogP contribution in [-0.2, 0) is 9.53 Å². The highest BCUT2D eigenvalue weighted by Gasteiger charge is 2.15. The minimum atomic E-state index is -0.484. The van der Waals surface area contributed by atoms with Gasteiger partial charge in [-0.2, -0.15) is 0 Å². The number of unbranched alkanes of at least 4 members (excludes halogenated alkanes) is 1. The van der Waals surface area contributed by atoms with E-state index in [1.807, 2.05) is 31.2 Å². The van der Waals surface area contributed by atoms with Crippen LogP contribution in [0.1, 0.15) is 30.1 Å². The van der Waals surface area contributed by atoms with Crippen molar-refractivity contribution in [3.05, 3.63) is 78.1 Å². The fourth-order valence-corrected chi connectivity index (χ4v) is 4.26. The SMILES string of the molecule is CCCCOC(=O)COc1ccc(C(=O)Nc2cc(F)ccc2Sc2ccccc2-c2nnn[nH]2)cc1. The van der Waals surface area contributed by atoms with E-state index in [0.717, 1.165) is 23.3 Å². The Labute approximate surface area is 216 Å². The van der Waals surface area contributed by atoms with Gasteiger partial charge in [0.2, 0.25) is 0 Å². The first-order chi connectivity index (χ1) is 18.0. The van der Waals surface area contributed by atoms with E-state index in [1.165, 1.54) is 23.9 Å². The highest BCUT2D eigenvalue weighted by molar-refractivity contribution is 7.99. The minimum Gasteiger partial charge on any atom is -0.482 e. The van der Waals surface area contributed by atoms with Crippen LogP contribution >= 0.6 is 11.8 Å². The Morgan fingerprint density at radius 2 is 1.86 bits per heavy atom. The van der Waals surface area contributed by atoms with Crippen molar-refractivity contribution >= 4 is 29.3 Å². The topological polar surface area (TPSA) is 119 Å². The molecule has 190 valence electrons. The maximum Gasteiger partial charge on any atom is 0.344 e. The number of esters is 1. The summed E-state index contributed by atoms with van der Waals surface area (Å²) in [6.45, 7) is 2.15. The number of benzene rings is 3. The molecule has 0 saturated heterocycles. The molecule has 0 aliphatic rings. The van der Waals surface area contributed by atoms with Gasteiger partial charge in [0.25, 0.3) is 5.91 Å². The fraction of sp³-hybridized carbons (Fsp3) is 0.192. The lowest BCUT2D eigenvalue weighted by Gasteiger charge is -2.13. The number of nitrogens with one attached hydrogen (secondary N) is 2. The summed E-state index contributed by atoms with van der Waals surface area (Å²) in [5.41, 5.74) is 1.42. The van der Waals surface area contributed by atoms with Crippen molar-refractivity contribution < 1.29 is 23.5 Å². The number of nitrogens with zero attached hydrogens (tertiary/aromatic N) is 3. The summed E-state index contributed by atoms with van der Waals surface area (Å²) in [5, 5.41) is 16.7. The number of H-pyrrole nitrogens is 1. The zero-order valence-electron chi connectivity index (χ0n) is 19.9. The molecule has 1 heterocycles. The summed E-state index contributed by atoms with van der Waals surface area (Å²) in [6, 6.07) is 17.9. The molecule has 0 unspecified atom stereocenters. The van der Waals surface area contributed by atoms with E-state index < -0.39 is 17.7 Å². The van der Waals surface area contributed by atoms with Crippen molar-refractivity contribution in [1.82, 2.24) is 20.6 Å². The summed E-state index contributed by atoms with van der Waals surface area (Å²) in [5.74, 6) is -0.447. The van der Waals surface area contributed by atoms with Crippen molar-refractivity contribution in [3.8, 4) is 17.1 Å². The Morgan fingerprint density at radius 3 is 2.62 bits per heavy atom. The van der Waals surface area contributed by atoms with E-state index in [1.54, 1.807) is 30.3 Å². The number of tetrazole rings is 1. The second kappa shape index (κ2) is 12.6.